The van der Waals surface area contributed by atoms with Gasteiger partial charge in [-0.2, -0.15) is 10.5 Å². The van der Waals surface area contributed by atoms with Crippen molar-refractivity contribution in [3.05, 3.63) is 71.2 Å². The van der Waals surface area contributed by atoms with E-state index in [0.29, 0.717) is 0 Å². The Kier molecular flexibility index (Phi) is 4.18. The Balaban J connectivity index is 2.12. The molecule has 2 heterocycles. The van der Waals surface area contributed by atoms with E-state index in [-0.39, 0.29) is 44.4 Å². The van der Waals surface area contributed by atoms with Crippen LogP contribution in [-0.4, -0.2) is 9.97 Å². The van der Waals surface area contributed by atoms with Crippen molar-refractivity contribution in [3.63, 3.8) is 0 Å². The minimum atomic E-state index is -0.954. The van der Waals surface area contributed by atoms with Crippen molar-refractivity contribution in [2.75, 3.05) is 5.73 Å². The molecule has 0 unspecified atom stereocenters. The normalized spacial score (nSPS) is 10.7. The van der Waals surface area contributed by atoms with E-state index in [1.54, 1.807) is 12.1 Å². The summed E-state index contributed by atoms with van der Waals surface area (Å²) in [5, 5.41) is 19.3. The van der Waals surface area contributed by atoms with Gasteiger partial charge in [-0.15, -0.1) is 0 Å². The number of nitriles is 2. The fourth-order valence-corrected chi connectivity index (χ4v) is 3.29. The lowest BCUT2D eigenvalue weighted by Gasteiger charge is -2.13. The zero-order chi connectivity index (χ0) is 20.7. The largest absolute Gasteiger partial charge is 0.381 e. The number of halogens is 3. The number of nitrogens with zero attached hydrogens (tertiary/aromatic N) is 3. The lowest BCUT2D eigenvalue weighted by atomic mass is 9.93. The minimum absolute atomic E-state index is 0.00830. The van der Waals surface area contributed by atoms with Crippen LogP contribution in [0.1, 0.15) is 11.1 Å². The lowest BCUT2D eigenvalue weighted by molar-refractivity contribution is 0.591. The van der Waals surface area contributed by atoms with Gasteiger partial charge in [0.15, 0.2) is 11.6 Å². The van der Waals surface area contributed by atoms with Crippen molar-refractivity contribution in [2.45, 2.75) is 0 Å². The SMILES string of the molecule is N#Cc1ccccc1-c1c(F)c(N)nc(-c2c[nH]c3c(F)cc(F)cc23)c1C#N. The summed E-state index contributed by atoms with van der Waals surface area (Å²) in [6, 6.07) is 11.8. The van der Waals surface area contributed by atoms with Crippen LogP contribution in [0.2, 0.25) is 0 Å². The third-order valence-corrected chi connectivity index (χ3v) is 4.55. The van der Waals surface area contributed by atoms with Crippen LogP contribution in [0.4, 0.5) is 19.0 Å². The molecule has 0 spiro atoms. The van der Waals surface area contributed by atoms with Crippen LogP contribution < -0.4 is 5.73 Å². The molecule has 0 aliphatic carbocycles. The number of nitrogens with two attached hydrogens (primary N) is 1. The number of pyridine rings is 1. The first kappa shape index (κ1) is 18.1. The van der Waals surface area contributed by atoms with E-state index in [2.05, 4.69) is 9.97 Å². The molecule has 140 valence electrons. The number of aromatic amines is 1. The van der Waals surface area contributed by atoms with Gasteiger partial charge in [-0.3, -0.25) is 0 Å². The molecule has 0 aliphatic heterocycles. The average molecular weight is 389 g/mol. The Morgan fingerprint density at radius 1 is 1.00 bits per heavy atom. The Hall–Kier alpha value is -4.30. The predicted octanol–water partition coefficient (Wildman–Crippen LogP) is 4.64. The summed E-state index contributed by atoms with van der Waals surface area (Å²) in [7, 11) is 0. The number of aromatic nitrogens is 2. The highest BCUT2D eigenvalue weighted by Crippen LogP contribution is 2.39. The molecule has 4 aromatic rings. The van der Waals surface area contributed by atoms with E-state index in [0.717, 1.165) is 12.1 Å². The van der Waals surface area contributed by atoms with E-state index >= 15 is 0 Å². The quantitative estimate of drug-likeness (QED) is 0.521. The molecule has 29 heavy (non-hydrogen) atoms. The first-order valence-electron chi connectivity index (χ1n) is 8.31. The molecule has 3 N–H and O–H groups in total. The van der Waals surface area contributed by atoms with Crippen molar-refractivity contribution >= 4 is 16.7 Å². The highest BCUT2D eigenvalue weighted by Gasteiger charge is 2.25. The minimum Gasteiger partial charge on any atom is -0.381 e. The lowest BCUT2D eigenvalue weighted by Crippen LogP contribution is -2.04. The molecule has 0 atom stereocenters. The summed E-state index contributed by atoms with van der Waals surface area (Å²) in [6.45, 7) is 0. The van der Waals surface area contributed by atoms with Gasteiger partial charge in [-0.1, -0.05) is 18.2 Å². The highest BCUT2D eigenvalue weighted by molar-refractivity contribution is 5.98. The number of hydrogen-bond donors (Lipinski definition) is 2. The molecule has 0 saturated heterocycles. The predicted molar refractivity (Wildman–Crippen MR) is 101 cm³/mol. The van der Waals surface area contributed by atoms with Gasteiger partial charge >= 0.3 is 0 Å². The maximum Gasteiger partial charge on any atom is 0.174 e. The van der Waals surface area contributed by atoms with Crippen molar-refractivity contribution in [1.29, 1.82) is 10.5 Å². The molecule has 0 fully saturated rings. The van der Waals surface area contributed by atoms with Gasteiger partial charge in [0.05, 0.1) is 28.4 Å². The number of nitrogens with one attached hydrogen (secondary N) is 1. The van der Waals surface area contributed by atoms with Gasteiger partial charge < -0.3 is 10.7 Å². The van der Waals surface area contributed by atoms with Crippen LogP contribution in [0.5, 0.6) is 0 Å². The van der Waals surface area contributed by atoms with Gasteiger partial charge in [0, 0.05) is 34.3 Å². The summed E-state index contributed by atoms with van der Waals surface area (Å²) in [4.78, 5) is 6.64. The second-order valence-corrected chi connectivity index (χ2v) is 6.19. The first-order chi connectivity index (χ1) is 14.0. The van der Waals surface area contributed by atoms with E-state index in [1.807, 2.05) is 12.1 Å². The molecule has 4 rings (SSSR count). The number of anilines is 1. The molecule has 0 saturated carbocycles. The van der Waals surface area contributed by atoms with Crippen molar-refractivity contribution in [1.82, 2.24) is 9.97 Å². The van der Waals surface area contributed by atoms with Crippen LogP contribution >= 0.6 is 0 Å². The third kappa shape index (κ3) is 2.75. The van der Waals surface area contributed by atoms with Crippen molar-refractivity contribution in [3.8, 4) is 34.5 Å². The molecule has 5 nitrogen and oxygen atoms in total. The topological polar surface area (TPSA) is 102 Å². The average Bonchev–Trinajstić information content (AvgIpc) is 3.13. The van der Waals surface area contributed by atoms with E-state index in [1.165, 1.54) is 18.3 Å². The summed E-state index contributed by atoms with van der Waals surface area (Å²) in [5.41, 5.74) is 5.78. The summed E-state index contributed by atoms with van der Waals surface area (Å²) >= 11 is 0. The van der Waals surface area contributed by atoms with Gasteiger partial charge in [-0.05, 0) is 12.1 Å². The number of rotatable bonds is 2. The second-order valence-electron chi connectivity index (χ2n) is 6.19. The first-order valence-corrected chi connectivity index (χ1v) is 8.31. The van der Waals surface area contributed by atoms with Crippen LogP contribution in [-0.2, 0) is 0 Å². The number of benzene rings is 2. The molecule has 0 radical (unpaired) electrons. The Morgan fingerprint density at radius 3 is 2.48 bits per heavy atom. The zero-order valence-electron chi connectivity index (χ0n) is 14.6. The molecular weight excluding hydrogens is 379 g/mol. The van der Waals surface area contributed by atoms with Crippen LogP contribution in [0.25, 0.3) is 33.3 Å². The van der Waals surface area contributed by atoms with Crippen LogP contribution in [0, 0.1) is 40.1 Å². The second kappa shape index (κ2) is 6.70. The van der Waals surface area contributed by atoms with Crippen LogP contribution in [0.3, 0.4) is 0 Å². The van der Waals surface area contributed by atoms with Gasteiger partial charge in [-0.25, -0.2) is 18.2 Å². The molecule has 0 aliphatic rings. The number of fused-ring (bicyclic) bond motifs is 1. The standard InChI is InChI=1S/C21H10F3N5/c22-11-5-13-15(9-28-20(13)16(23)6-11)19-14(8-26)17(18(24)21(27)29-19)12-4-2-1-3-10(12)7-25/h1-6,9,28H,(H2,27,29). The maximum absolute atomic E-state index is 14.9. The van der Waals surface area contributed by atoms with E-state index in [4.69, 9.17) is 5.73 Å². The summed E-state index contributed by atoms with van der Waals surface area (Å²) in [5.74, 6) is -3.10. The summed E-state index contributed by atoms with van der Waals surface area (Å²) < 4.78 is 42.8. The fraction of sp³-hybridized carbons (Fsp3) is 0. The van der Waals surface area contributed by atoms with Gasteiger partial charge in [0.2, 0.25) is 0 Å². The molecule has 2 aromatic carbocycles. The number of H-pyrrole nitrogens is 1. The molecule has 0 bridgehead atoms. The molecule has 2 aromatic heterocycles. The Labute approximate surface area is 162 Å². The summed E-state index contributed by atoms with van der Waals surface area (Å²) in [6.07, 6.45) is 1.34. The zero-order valence-corrected chi connectivity index (χ0v) is 14.6. The van der Waals surface area contributed by atoms with Crippen molar-refractivity contribution in [2.24, 2.45) is 0 Å². The van der Waals surface area contributed by atoms with Gasteiger partial charge in [0.1, 0.15) is 17.7 Å². The number of nitrogen functional groups attached to an aromatic ring is 1. The molecule has 0 amide bonds. The number of hydrogen-bond acceptors (Lipinski definition) is 4. The monoisotopic (exact) mass is 389 g/mol. The van der Waals surface area contributed by atoms with Gasteiger partial charge in [0.25, 0.3) is 0 Å². The van der Waals surface area contributed by atoms with Crippen molar-refractivity contribution < 1.29 is 13.2 Å². The van der Waals surface area contributed by atoms with E-state index < -0.39 is 23.3 Å². The van der Waals surface area contributed by atoms with Crippen LogP contribution in [0.15, 0.2) is 42.6 Å². The Morgan fingerprint density at radius 2 is 1.76 bits per heavy atom. The van der Waals surface area contributed by atoms with E-state index in [9.17, 15) is 23.7 Å². The molecular formula is C21H10F3N5. The fourth-order valence-electron chi connectivity index (χ4n) is 3.29. The molecule has 8 heteroatoms. The third-order valence-electron chi connectivity index (χ3n) is 4.55. The maximum atomic E-state index is 14.9. The Bertz CT molecular complexity index is 1380. The smallest absolute Gasteiger partial charge is 0.174 e. The highest BCUT2D eigenvalue weighted by atomic mass is 19.1.